The monoisotopic (exact) mass is 630 g/mol. The van der Waals surface area contributed by atoms with Crippen LogP contribution in [0, 0.1) is 23.2 Å². The normalized spacial score (nSPS) is 28.5. The fourth-order valence-corrected chi connectivity index (χ4v) is 7.57. The number of fused-ring (bicyclic) bond motifs is 5. The number of nitriles is 1. The van der Waals surface area contributed by atoms with Gasteiger partial charge in [-0.1, -0.05) is 51.1 Å². The van der Waals surface area contributed by atoms with Crippen molar-refractivity contribution in [2.24, 2.45) is 11.8 Å². The number of ether oxygens (including phenoxy) is 2. The summed E-state index contributed by atoms with van der Waals surface area (Å²) in [6, 6.07) is 13.6. The highest BCUT2D eigenvalue weighted by molar-refractivity contribution is 6.74. The maximum atomic E-state index is 14.1. The molecule has 5 rings (SSSR count). The molecule has 3 aliphatic heterocycles. The van der Waals surface area contributed by atoms with Gasteiger partial charge in [-0.05, 0) is 48.3 Å². The first kappa shape index (κ1) is 32.3. The van der Waals surface area contributed by atoms with Crippen molar-refractivity contribution < 1.29 is 41.8 Å². The van der Waals surface area contributed by atoms with Gasteiger partial charge in [-0.2, -0.15) is 18.4 Å². The third-order valence-electron chi connectivity index (χ3n) is 9.82. The Balaban J connectivity index is 1.50. The van der Waals surface area contributed by atoms with Crippen molar-refractivity contribution in [1.82, 2.24) is 0 Å². The van der Waals surface area contributed by atoms with Crippen molar-refractivity contribution in [3.63, 3.8) is 0 Å². The van der Waals surface area contributed by atoms with Gasteiger partial charge in [-0.25, -0.2) is 4.90 Å². The van der Waals surface area contributed by atoms with Crippen molar-refractivity contribution in [3.05, 3.63) is 65.2 Å². The standard InChI is InChI=1S/C32H37F3N2O6Si/c1-29(2,3)44(4,5)42-14-13-30-16-24(38)31(43-30,19-41-18-20-9-7-6-8-10-20)26-25(30)27(39)37(28(26)40)22-12-11-21(17-36)23(15-22)32(33,34)35/h6-12,15,24-26,38H,13-14,16,18-19H2,1-5H3/t24-,25+,26-,30+,31-/m1/s1. The molecular formula is C32H37F3N2O6Si. The molecule has 3 aliphatic rings. The molecule has 3 saturated heterocycles. The molecule has 44 heavy (non-hydrogen) atoms. The van der Waals surface area contributed by atoms with Crippen LogP contribution in [0.15, 0.2) is 48.5 Å². The average Bonchev–Trinajstić information content (AvgIpc) is 3.50. The van der Waals surface area contributed by atoms with E-state index in [2.05, 4.69) is 33.9 Å². The van der Waals surface area contributed by atoms with Gasteiger partial charge in [-0.3, -0.25) is 9.59 Å². The SMILES string of the molecule is CC(C)(C)[Si](C)(C)OCC[C@@]12C[C@@H](O)[C@@](COCc3ccccc3)(O1)[C@H]1C(=O)N(c3ccc(C#N)c(C(F)(F)F)c3)C(=O)[C@H]12. The number of aliphatic hydroxyl groups excluding tert-OH is 1. The summed E-state index contributed by atoms with van der Waals surface area (Å²) in [5, 5.41) is 20.6. The number of rotatable bonds is 9. The molecule has 0 radical (unpaired) electrons. The zero-order valence-corrected chi connectivity index (χ0v) is 26.4. The molecule has 2 aromatic rings. The fraction of sp³-hybridized carbons (Fsp3) is 0.531. The number of imide groups is 1. The molecule has 2 aromatic carbocycles. The van der Waals surface area contributed by atoms with Crippen LogP contribution in [0.2, 0.25) is 18.1 Å². The zero-order valence-electron chi connectivity index (χ0n) is 25.4. The van der Waals surface area contributed by atoms with Gasteiger partial charge in [0.15, 0.2) is 8.32 Å². The van der Waals surface area contributed by atoms with E-state index in [1.54, 1.807) is 0 Å². The van der Waals surface area contributed by atoms with E-state index < -0.39 is 66.6 Å². The topological polar surface area (TPSA) is 109 Å². The van der Waals surface area contributed by atoms with Crippen LogP contribution in [0.25, 0.3) is 0 Å². The van der Waals surface area contributed by atoms with Gasteiger partial charge in [0, 0.05) is 13.0 Å². The fourth-order valence-electron chi connectivity index (χ4n) is 6.52. The molecule has 8 nitrogen and oxygen atoms in total. The van der Waals surface area contributed by atoms with Gasteiger partial charge in [0.2, 0.25) is 11.8 Å². The number of alkyl halides is 3. The second-order valence-electron chi connectivity index (χ2n) is 13.5. The summed E-state index contributed by atoms with van der Waals surface area (Å²) >= 11 is 0. The van der Waals surface area contributed by atoms with Crippen LogP contribution in [0.1, 0.15) is 50.3 Å². The Hall–Kier alpha value is -3.08. The van der Waals surface area contributed by atoms with Crippen LogP contribution in [0.4, 0.5) is 18.9 Å². The minimum absolute atomic E-state index is 0.0394. The van der Waals surface area contributed by atoms with Crippen molar-refractivity contribution in [3.8, 4) is 6.07 Å². The van der Waals surface area contributed by atoms with Crippen LogP contribution >= 0.6 is 0 Å². The number of benzene rings is 2. The van der Waals surface area contributed by atoms with Crippen molar-refractivity contribution in [1.29, 1.82) is 5.26 Å². The maximum Gasteiger partial charge on any atom is 0.417 e. The Kier molecular flexibility index (Phi) is 8.13. The number of anilines is 1. The number of halogens is 3. The smallest absolute Gasteiger partial charge is 0.417 e. The van der Waals surface area contributed by atoms with E-state index in [0.29, 0.717) is 6.07 Å². The van der Waals surface area contributed by atoms with Gasteiger partial charge in [-0.15, -0.1) is 0 Å². The number of carbonyl (C=O) groups is 2. The molecule has 5 atom stereocenters. The number of aliphatic hydroxyl groups is 1. The molecule has 0 spiro atoms. The highest BCUT2D eigenvalue weighted by Gasteiger charge is 2.78. The lowest BCUT2D eigenvalue weighted by Gasteiger charge is -2.38. The lowest BCUT2D eigenvalue weighted by molar-refractivity contribution is -0.152. The minimum atomic E-state index is -4.88. The first-order chi connectivity index (χ1) is 20.5. The van der Waals surface area contributed by atoms with Gasteiger partial charge in [0.1, 0.15) is 5.60 Å². The molecule has 0 saturated carbocycles. The Morgan fingerprint density at radius 1 is 1.09 bits per heavy atom. The summed E-state index contributed by atoms with van der Waals surface area (Å²) in [5.41, 5.74) is -4.17. The van der Waals surface area contributed by atoms with Gasteiger partial charge >= 0.3 is 6.18 Å². The maximum absolute atomic E-state index is 14.1. The van der Waals surface area contributed by atoms with Crippen molar-refractivity contribution in [2.45, 2.75) is 81.8 Å². The largest absolute Gasteiger partial charge is 0.417 e. The van der Waals surface area contributed by atoms with Crippen LogP contribution in [-0.4, -0.2) is 55.8 Å². The number of carbonyl (C=O) groups excluding carboxylic acids is 2. The van der Waals surface area contributed by atoms with E-state index >= 15 is 0 Å². The summed E-state index contributed by atoms with van der Waals surface area (Å²) in [7, 11) is -2.20. The molecule has 2 bridgehead atoms. The van der Waals surface area contributed by atoms with Gasteiger partial charge in [0.25, 0.3) is 0 Å². The number of hydrogen-bond donors (Lipinski definition) is 1. The molecule has 12 heteroatoms. The first-order valence-corrected chi connectivity index (χ1v) is 17.5. The van der Waals surface area contributed by atoms with E-state index in [-0.39, 0.29) is 43.4 Å². The number of amides is 2. The van der Waals surface area contributed by atoms with Gasteiger partial charge < -0.3 is 19.0 Å². The highest BCUT2D eigenvalue weighted by atomic mass is 28.4. The molecule has 236 valence electrons. The van der Waals surface area contributed by atoms with Gasteiger partial charge in [0.05, 0.1) is 59.6 Å². The molecule has 2 amide bonds. The molecule has 0 aliphatic carbocycles. The second kappa shape index (κ2) is 11.1. The summed E-state index contributed by atoms with van der Waals surface area (Å²) in [6.45, 7) is 10.6. The predicted molar refractivity (Wildman–Crippen MR) is 157 cm³/mol. The third-order valence-corrected chi connectivity index (χ3v) is 14.4. The molecular weight excluding hydrogens is 593 g/mol. The molecule has 1 N–H and O–H groups in total. The van der Waals surface area contributed by atoms with Crippen LogP contribution < -0.4 is 4.90 Å². The van der Waals surface area contributed by atoms with Crippen molar-refractivity contribution in [2.75, 3.05) is 18.1 Å². The third kappa shape index (κ3) is 5.28. The predicted octanol–water partition coefficient (Wildman–Crippen LogP) is 5.58. The lowest BCUT2D eigenvalue weighted by atomic mass is 9.65. The van der Waals surface area contributed by atoms with E-state index in [4.69, 9.17) is 13.9 Å². The first-order valence-electron chi connectivity index (χ1n) is 14.6. The highest BCUT2D eigenvalue weighted by Crippen LogP contribution is 2.63. The Bertz CT molecular complexity index is 1490. The number of nitrogens with zero attached hydrogens (tertiary/aromatic N) is 2. The van der Waals surface area contributed by atoms with Crippen molar-refractivity contribution >= 4 is 25.8 Å². The zero-order chi connectivity index (χ0) is 32.3. The summed E-state index contributed by atoms with van der Waals surface area (Å²) < 4.78 is 60.4. The van der Waals surface area contributed by atoms with E-state index in [9.17, 15) is 33.1 Å². The Labute approximate surface area is 255 Å². The molecule has 3 heterocycles. The quantitative estimate of drug-likeness (QED) is 0.285. The number of hydrogen-bond acceptors (Lipinski definition) is 7. The Morgan fingerprint density at radius 2 is 1.75 bits per heavy atom. The lowest BCUT2D eigenvalue weighted by Crippen LogP contribution is -2.54. The Morgan fingerprint density at radius 3 is 2.36 bits per heavy atom. The second-order valence-corrected chi connectivity index (χ2v) is 18.3. The summed E-state index contributed by atoms with van der Waals surface area (Å²) in [4.78, 5) is 28.9. The minimum Gasteiger partial charge on any atom is -0.417 e. The van der Waals surface area contributed by atoms with E-state index in [0.717, 1.165) is 22.6 Å². The molecule has 3 fully saturated rings. The average molecular weight is 631 g/mol. The van der Waals surface area contributed by atoms with E-state index in [1.807, 2.05) is 30.3 Å². The van der Waals surface area contributed by atoms with E-state index in [1.165, 1.54) is 6.07 Å². The molecule has 0 unspecified atom stereocenters. The van der Waals surface area contributed by atoms with Crippen LogP contribution in [0.5, 0.6) is 0 Å². The summed E-state index contributed by atoms with van der Waals surface area (Å²) in [6.07, 6.45) is -5.81. The van der Waals surface area contributed by atoms with Crippen LogP contribution in [-0.2, 0) is 36.3 Å². The summed E-state index contributed by atoms with van der Waals surface area (Å²) in [5.74, 6) is -3.73. The molecule has 0 aromatic heterocycles. The van der Waals surface area contributed by atoms with Crippen LogP contribution in [0.3, 0.4) is 0 Å².